The molecule has 0 aliphatic heterocycles. The predicted octanol–water partition coefficient (Wildman–Crippen LogP) is 1.91. The number of nitrogens with one attached hydrogen (secondary N) is 1. The van der Waals surface area contributed by atoms with E-state index in [0.29, 0.717) is 5.69 Å². The number of imidazole rings is 1. The maximum absolute atomic E-state index is 6.00. The molecule has 0 spiro atoms. The van der Waals surface area contributed by atoms with E-state index in [1.165, 1.54) is 0 Å². The zero-order valence-electron chi connectivity index (χ0n) is 8.01. The smallest absolute Gasteiger partial charge is 0.177 e. The molecule has 2 heterocycles. The van der Waals surface area contributed by atoms with Crippen LogP contribution in [0.5, 0.6) is 0 Å². The molecule has 3 rings (SSSR count). The third kappa shape index (κ3) is 1.11. The quantitative estimate of drug-likeness (QED) is 0.627. The lowest BCUT2D eigenvalue weighted by Crippen LogP contribution is -1.87. The number of fused-ring (bicyclic) bond motifs is 1. The second-order valence-electron chi connectivity index (χ2n) is 3.39. The second-order valence-corrected chi connectivity index (χ2v) is 3.39. The largest absolute Gasteiger partial charge is 0.394 e. The van der Waals surface area contributed by atoms with Crippen LogP contribution >= 0.6 is 0 Å². The first kappa shape index (κ1) is 8.11. The van der Waals surface area contributed by atoms with Crippen LogP contribution in [0.3, 0.4) is 0 Å². The number of rotatable bonds is 1. The van der Waals surface area contributed by atoms with Crippen molar-refractivity contribution < 1.29 is 0 Å². The first-order valence-corrected chi connectivity index (χ1v) is 4.72. The predicted molar refractivity (Wildman–Crippen MR) is 59.4 cm³/mol. The summed E-state index contributed by atoms with van der Waals surface area (Å²) in [5.74, 6) is 0. The fraction of sp³-hybridized carbons (Fsp3) is 0. The van der Waals surface area contributed by atoms with Crippen LogP contribution in [-0.2, 0) is 0 Å². The lowest BCUT2D eigenvalue weighted by atomic mass is 10.1. The Balaban J connectivity index is 2.27. The summed E-state index contributed by atoms with van der Waals surface area (Å²) in [6.07, 6.45) is 3.56. The summed E-state index contributed by atoms with van der Waals surface area (Å²) in [4.78, 5) is 4.17. The second kappa shape index (κ2) is 2.88. The number of H-pyrrole nitrogens is 1. The fourth-order valence-corrected chi connectivity index (χ4v) is 1.71. The molecular weight excluding hydrogens is 188 g/mol. The Hall–Kier alpha value is -2.23. The van der Waals surface area contributed by atoms with Gasteiger partial charge < -0.3 is 5.73 Å². The van der Waals surface area contributed by atoms with Gasteiger partial charge in [0.25, 0.3) is 0 Å². The molecule has 0 amide bonds. The maximum atomic E-state index is 6.00. The molecule has 0 radical (unpaired) electrons. The number of aromatic nitrogens is 3. The van der Waals surface area contributed by atoms with E-state index in [0.717, 1.165) is 16.9 Å². The van der Waals surface area contributed by atoms with E-state index < -0.39 is 0 Å². The van der Waals surface area contributed by atoms with Gasteiger partial charge in [0, 0.05) is 18.0 Å². The normalized spacial score (nSPS) is 10.9. The van der Waals surface area contributed by atoms with Gasteiger partial charge in [-0.15, -0.1) is 0 Å². The Morgan fingerprint density at radius 3 is 2.73 bits per heavy atom. The van der Waals surface area contributed by atoms with E-state index in [1.54, 1.807) is 6.20 Å². The molecule has 2 aromatic heterocycles. The van der Waals surface area contributed by atoms with E-state index in [-0.39, 0.29) is 0 Å². The van der Waals surface area contributed by atoms with Crippen molar-refractivity contribution in [3.8, 4) is 11.3 Å². The third-order valence-electron chi connectivity index (χ3n) is 2.45. The first-order valence-electron chi connectivity index (χ1n) is 4.72. The molecular formula is C11H10N4. The highest BCUT2D eigenvalue weighted by atomic mass is 15.3. The van der Waals surface area contributed by atoms with Crippen molar-refractivity contribution in [2.24, 2.45) is 0 Å². The van der Waals surface area contributed by atoms with Crippen molar-refractivity contribution in [1.29, 1.82) is 0 Å². The fourth-order valence-electron chi connectivity index (χ4n) is 1.71. The summed E-state index contributed by atoms with van der Waals surface area (Å²) < 4.78 is 1.82. The van der Waals surface area contributed by atoms with E-state index in [2.05, 4.69) is 10.1 Å². The van der Waals surface area contributed by atoms with Crippen LogP contribution in [-0.4, -0.2) is 14.6 Å². The Labute approximate surface area is 86.3 Å². The molecule has 0 saturated heterocycles. The number of anilines is 1. The van der Waals surface area contributed by atoms with Gasteiger partial charge in [0.05, 0.1) is 5.69 Å². The minimum atomic E-state index is 0.686. The number of benzene rings is 1. The highest BCUT2D eigenvalue weighted by Crippen LogP contribution is 2.26. The van der Waals surface area contributed by atoms with Gasteiger partial charge >= 0.3 is 0 Å². The van der Waals surface area contributed by atoms with Crippen molar-refractivity contribution in [3.05, 3.63) is 42.7 Å². The molecule has 0 unspecified atom stereocenters. The van der Waals surface area contributed by atoms with Crippen molar-refractivity contribution in [1.82, 2.24) is 14.6 Å². The van der Waals surface area contributed by atoms with Crippen LogP contribution in [0, 0.1) is 0 Å². The molecule has 3 N–H and O–H groups in total. The monoisotopic (exact) mass is 198 g/mol. The summed E-state index contributed by atoms with van der Waals surface area (Å²) >= 11 is 0. The molecule has 0 aliphatic rings. The van der Waals surface area contributed by atoms with Gasteiger partial charge in [0.2, 0.25) is 0 Å². The van der Waals surface area contributed by atoms with Crippen molar-refractivity contribution in [3.63, 3.8) is 0 Å². The lowest BCUT2D eigenvalue weighted by molar-refractivity contribution is 0.978. The zero-order chi connectivity index (χ0) is 10.3. The summed E-state index contributed by atoms with van der Waals surface area (Å²) in [5.41, 5.74) is 9.44. The molecule has 0 bridgehead atoms. The summed E-state index contributed by atoms with van der Waals surface area (Å²) in [6.45, 7) is 0. The molecule has 0 atom stereocenters. The number of nitrogens with two attached hydrogens (primary N) is 1. The Morgan fingerprint density at radius 2 is 2.00 bits per heavy atom. The Bertz CT molecular complexity index is 591. The van der Waals surface area contributed by atoms with Gasteiger partial charge in [-0.2, -0.15) is 0 Å². The van der Waals surface area contributed by atoms with Crippen LogP contribution in [0.2, 0.25) is 0 Å². The minimum Gasteiger partial charge on any atom is -0.394 e. The van der Waals surface area contributed by atoms with Crippen molar-refractivity contribution >= 4 is 11.3 Å². The maximum Gasteiger partial charge on any atom is 0.177 e. The zero-order valence-corrected chi connectivity index (χ0v) is 8.01. The molecule has 1 aromatic carbocycles. The standard InChI is InChI=1S/C11H10N4/c12-9-10(8-4-2-1-3-5-8)14-15-7-6-13-11(9)15/h1-7,14H,12H2. The number of hydrogen-bond donors (Lipinski definition) is 2. The van der Waals surface area contributed by atoms with Gasteiger partial charge in [-0.05, 0) is 0 Å². The highest BCUT2D eigenvalue weighted by Gasteiger charge is 2.10. The molecule has 4 nitrogen and oxygen atoms in total. The van der Waals surface area contributed by atoms with Crippen LogP contribution < -0.4 is 5.73 Å². The van der Waals surface area contributed by atoms with E-state index in [4.69, 9.17) is 5.73 Å². The van der Waals surface area contributed by atoms with E-state index in [1.807, 2.05) is 41.0 Å². The van der Waals surface area contributed by atoms with Crippen LogP contribution in [0.4, 0.5) is 5.69 Å². The van der Waals surface area contributed by atoms with Gasteiger partial charge in [-0.25, -0.2) is 9.50 Å². The minimum absolute atomic E-state index is 0.686. The number of nitrogen functional groups attached to an aromatic ring is 1. The van der Waals surface area contributed by atoms with Gasteiger partial charge in [0.15, 0.2) is 5.65 Å². The van der Waals surface area contributed by atoms with Crippen LogP contribution in [0.15, 0.2) is 42.7 Å². The Kier molecular flexibility index (Phi) is 1.56. The molecule has 0 aliphatic carbocycles. The van der Waals surface area contributed by atoms with Crippen molar-refractivity contribution in [2.45, 2.75) is 0 Å². The molecule has 0 fully saturated rings. The number of hydrogen-bond acceptors (Lipinski definition) is 2. The third-order valence-corrected chi connectivity index (χ3v) is 2.45. The Morgan fingerprint density at radius 1 is 1.20 bits per heavy atom. The summed E-state index contributed by atoms with van der Waals surface area (Å²) in [7, 11) is 0. The van der Waals surface area contributed by atoms with Gasteiger partial charge in [0.1, 0.15) is 5.69 Å². The number of nitrogens with zero attached hydrogens (tertiary/aromatic N) is 2. The first-order chi connectivity index (χ1) is 7.36. The SMILES string of the molecule is Nc1c(-c2ccccc2)[nH]n2ccnc12. The summed E-state index contributed by atoms with van der Waals surface area (Å²) in [6, 6.07) is 9.98. The molecule has 3 aromatic rings. The van der Waals surface area contributed by atoms with Gasteiger partial charge in [-0.1, -0.05) is 30.3 Å². The lowest BCUT2D eigenvalue weighted by Gasteiger charge is -1.97. The molecule has 74 valence electrons. The topological polar surface area (TPSA) is 59.1 Å². The number of aromatic amines is 1. The molecule has 0 saturated carbocycles. The highest BCUT2D eigenvalue weighted by molar-refractivity contribution is 5.82. The average Bonchev–Trinajstić information content (AvgIpc) is 2.83. The molecule has 4 heteroatoms. The van der Waals surface area contributed by atoms with E-state index in [9.17, 15) is 0 Å². The molecule has 15 heavy (non-hydrogen) atoms. The van der Waals surface area contributed by atoms with Crippen LogP contribution in [0.1, 0.15) is 0 Å². The van der Waals surface area contributed by atoms with E-state index >= 15 is 0 Å². The summed E-state index contributed by atoms with van der Waals surface area (Å²) in [5, 5.41) is 3.19. The van der Waals surface area contributed by atoms with Crippen molar-refractivity contribution in [2.75, 3.05) is 5.73 Å². The average molecular weight is 198 g/mol. The van der Waals surface area contributed by atoms with Crippen LogP contribution in [0.25, 0.3) is 16.9 Å². The van der Waals surface area contributed by atoms with Gasteiger partial charge in [-0.3, -0.25) is 5.10 Å².